The van der Waals surface area contributed by atoms with Crippen molar-refractivity contribution in [2.75, 3.05) is 6.54 Å². The van der Waals surface area contributed by atoms with Gasteiger partial charge in [-0.25, -0.2) is 0 Å². The third-order valence-electron chi connectivity index (χ3n) is 2.75. The molecule has 2 rings (SSSR count). The highest BCUT2D eigenvalue weighted by atomic mass is 16.1. The number of nitrogens with zero attached hydrogens (tertiary/aromatic N) is 1. The molecule has 2 N–H and O–H groups in total. The number of carbonyl (C=O) groups is 1. The van der Waals surface area contributed by atoms with E-state index in [0.717, 1.165) is 11.4 Å². The SMILES string of the molecule is CC(C)NC1=NCC(C(=O)NCc2ccccc2)=C1. The fourth-order valence-electron chi connectivity index (χ4n) is 1.84. The van der Waals surface area contributed by atoms with Crippen LogP contribution in [0.25, 0.3) is 0 Å². The first kappa shape index (κ1) is 13.3. The van der Waals surface area contributed by atoms with Crippen LogP contribution in [0.3, 0.4) is 0 Å². The van der Waals surface area contributed by atoms with E-state index in [0.29, 0.717) is 24.7 Å². The van der Waals surface area contributed by atoms with Crippen molar-refractivity contribution in [2.45, 2.75) is 26.4 Å². The fraction of sp³-hybridized carbons (Fsp3) is 0.333. The summed E-state index contributed by atoms with van der Waals surface area (Å²) in [5, 5.41) is 6.10. The Morgan fingerprint density at radius 2 is 2.05 bits per heavy atom. The van der Waals surface area contributed by atoms with Crippen LogP contribution in [-0.4, -0.2) is 24.3 Å². The smallest absolute Gasteiger partial charge is 0.249 e. The number of aliphatic imine (C=N–C) groups is 1. The number of hydrogen-bond acceptors (Lipinski definition) is 3. The Balaban J connectivity index is 1.85. The Morgan fingerprint density at radius 1 is 1.32 bits per heavy atom. The zero-order valence-electron chi connectivity index (χ0n) is 11.3. The molecule has 0 aromatic heterocycles. The highest BCUT2D eigenvalue weighted by Crippen LogP contribution is 2.06. The molecule has 1 aliphatic heterocycles. The molecule has 0 saturated heterocycles. The Labute approximate surface area is 113 Å². The summed E-state index contributed by atoms with van der Waals surface area (Å²) in [7, 11) is 0. The van der Waals surface area contributed by atoms with E-state index in [4.69, 9.17) is 0 Å². The molecule has 4 heteroatoms. The molecule has 19 heavy (non-hydrogen) atoms. The zero-order chi connectivity index (χ0) is 13.7. The minimum atomic E-state index is -0.0480. The summed E-state index contributed by atoms with van der Waals surface area (Å²) in [5.41, 5.74) is 1.80. The zero-order valence-corrected chi connectivity index (χ0v) is 11.3. The largest absolute Gasteiger partial charge is 0.368 e. The number of carbonyl (C=O) groups excluding carboxylic acids is 1. The Kier molecular flexibility index (Phi) is 4.34. The summed E-state index contributed by atoms with van der Waals surface area (Å²) in [4.78, 5) is 16.3. The lowest BCUT2D eigenvalue weighted by Gasteiger charge is -2.06. The van der Waals surface area contributed by atoms with E-state index in [1.54, 1.807) is 0 Å². The third-order valence-corrected chi connectivity index (χ3v) is 2.75. The van der Waals surface area contributed by atoms with E-state index in [1.165, 1.54) is 0 Å². The van der Waals surface area contributed by atoms with E-state index in [9.17, 15) is 4.79 Å². The summed E-state index contributed by atoms with van der Waals surface area (Å²) in [6, 6.07) is 10.2. The maximum atomic E-state index is 12.0. The molecule has 1 aromatic carbocycles. The van der Waals surface area contributed by atoms with Gasteiger partial charge >= 0.3 is 0 Å². The van der Waals surface area contributed by atoms with Gasteiger partial charge in [0.15, 0.2) is 0 Å². The minimum absolute atomic E-state index is 0.0480. The second-order valence-electron chi connectivity index (χ2n) is 4.84. The molecule has 0 unspecified atom stereocenters. The predicted molar refractivity (Wildman–Crippen MR) is 76.9 cm³/mol. The molecule has 0 aliphatic carbocycles. The van der Waals surface area contributed by atoms with Crippen LogP contribution in [0.1, 0.15) is 19.4 Å². The number of amidine groups is 1. The normalized spacial score (nSPS) is 14.1. The lowest BCUT2D eigenvalue weighted by atomic mass is 10.2. The number of benzene rings is 1. The van der Waals surface area contributed by atoms with Crippen LogP contribution in [0, 0.1) is 0 Å². The molecule has 1 heterocycles. The average Bonchev–Trinajstić information content (AvgIpc) is 2.85. The molecule has 0 radical (unpaired) electrons. The van der Waals surface area contributed by atoms with Crippen molar-refractivity contribution in [1.82, 2.24) is 10.6 Å². The second-order valence-corrected chi connectivity index (χ2v) is 4.84. The van der Waals surface area contributed by atoms with Crippen molar-refractivity contribution >= 4 is 11.7 Å². The van der Waals surface area contributed by atoms with Gasteiger partial charge < -0.3 is 10.6 Å². The van der Waals surface area contributed by atoms with Gasteiger partial charge in [0.05, 0.1) is 6.54 Å². The van der Waals surface area contributed by atoms with Crippen LogP contribution < -0.4 is 10.6 Å². The number of nitrogens with one attached hydrogen (secondary N) is 2. The van der Waals surface area contributed by atoms with Gasteiger partial charge in [-0.15, -0.1) is 0 Å². The number of amides is 1. The van der Waals surface area contributed by atoms with Crippen LogP contribution in [0.2, 0.25) is 0 Å². The Morgan fingerprint density at radius 3 is 2.74 bits per heavy atom. The van der Waals surface area contributed by atoms with Crippen molar-refractivity contribution < 1.29 is 4.79 Å². The van der Waals surface area contributed by atoms with Gasteiger partial charge in [0, 0.05) is 18.2 Å². The molecule has 1 aliphatic rings. The van der Waals surface area contributed by atoms with Crippen LogP contribution >= 0.6 is 0 Å². The summed E-state index contributed by atoms with van der Waals surface area (Å²) in [6.07, 6.45) is 1.82. The molecular weight excluding hydrogens is 238 g/mol. The van der Waals surface area contributed by atoms with E-state index in [2.05, 4.69) is 15.6 Å². The summed E-state index contributed by atoms with van der Waals surface area (Å²) in [6.45, 7) is 5.09. The van der Waals surface area contributed by atoms with Crippen molar-refractivity contribution in [3.05, 3.63) is 47.5 Å². The fourth-order valence-corrected chi connectivity index (χ4v) is 1.84. The number of hydrogen-bond donors (Lipinski definition) is 2. The first-order valence-electron chi connectivity index (χ1n) is 6.49. The van der Waals surface area contributed by atoms with Crippen molar-refractivity contribution in [3.8, 4) is 0 Å². The highest BCUT2D eigenvalue weighted by molar-refractivity contribution is 6.06. The van der Waals surface area contributed by atoms with Gasteiger partial charge in [0.2, 0.25) is 5.91 Å². The molecule has 1 amide bonds. The summed E-state index contributed by atoms with van der Waals surface area (Å²) >= 11 is 0. The van der Waals surface area contributed by atoms with E-state index < -0.39 is 0 Å². The Bertz CT molecular complexity index is 503. The molecule has 1 aromatic rings. The first-order chi connectivity index (χ1) is 9.15. The molecule has 4 nitrogen and oxygen atoms in total. The maximum Gasteiger partial charge on any atom is 0.249 e. The lowest BCUT2D eigenvalue weighted by molar-refractivity contribution is -0.117. The average molecular weight is 257 g/mol. The van der Waals surface area contributed by atoms with Crippen molar-refractivity contribution in [2.24, 2.45) is 4.99 Å². The highest BCUT2D eigenvalue weighted by Gasteiger charge is 2.15. The van der Waals surface area contributed by atoms with E-state index in [-0.39, 0.29) is 5.91 Å². The first-order valence-corrected chi connectivity index (χ1v) is 6.49. The van der Waals surface area contributed by atoms with Gasteiger partial charge in [-0.3, -0.25) is 9.79 Å². The lowest BCUT2D eigenvalue weighted by Crippen LogP contribution is -2.28. The van der Waals surface area contributed by atoms with Crippen LogP contribution in [0.4, 0.5) is 0 Å². The van der Waals surface area contributed by atoms with Gasteiger partial charge in [-0.2, -0.15) is 0 Å². The summed E-state index contributed by atoms with van der Waals surface area (Å²) in [5.74, 6) is 0.744. The number of rotatable bonds is 4. The monoisotopic (exact) mass is 257 g/mol. The molecule has 0 spiro atoms. The molecule has 0 bridgehead atoms. The second kappa shape index (κ2) is 6.18. The molecule has 0 atom stereocenters. The molecule has 0 fully saturated rings. The van der Waals surface area contributed by atoms with Gasteiger partial charge in [0.1, 0.15) is 5.84 Å². The maximum absolute atomic E-state index is 12.0. The minimum Gasteiger partial charge on any atom is -0.368 e. The van der Waals surface area contributed by atoms with Crippen LogP contribution in [0.5, 0.6) is 0 Å². The van der Waals surface area contributed by atoms with Gasteiger partial charge in [-0.1, -0.05) is 30.3 Å². The molecular formula is C15H19N3O. The van der Waals surface area contributed by atoms with Crippen LogP contribution in [0.15, 0.2) is 47.0 Å². The molecule has 0 saturated carbocycles. The van der Waals surface area contributed by atoms with Gasteiger partial charge in [0.25, 0.3) is 0 Å². The predicted octanol–water partition coefficient (Wildman–Crippen LogP) is 1.64. The summed E-state index contributed by atoms with van der Waals surface area (Å²) < 4.78 is 0. The van der Waals surface area contributed by atoms with Gasteiger partial charge in [-0.05, 0) is 25.5 Å². The topological polar surface area (TPSA) is 53.5 Å². The van der Waals surface area contributed by atoms with E-state index in [1.807, 2.05) is 50.3 Å². The van der Waals surface area contributed by atoms with Crippen LogP contribution in [-0.2, 0) is 11.3 Å². The standard InChI is InChI=1S/C15H19N3O/c1-11(2)18-14-8-13(10-16-14)15(19)17-9-12-6-4-3-5-7-12/h3-8,11H,9-10H2,1-2H3,(H,16,18)(H,17,19). The Hall–Kier alpha value is -2.10. The third kappa shape index (κ3) is 3.95. The quantitative estimate of drug-likeness (QED) is 0.861. The van der Waals surface area contributed by atoms with Crippen molar-refractivity contribution in [3.63, 3.8) is 0 Å². The van der Waals surface area contributed by atoms with E-state index >= 15 is 0 Å². The molecule has 100 valence electrons. The van der Waals surface area contributed by atoms with Crippen molar-refractivity contribution in [1.29, 1.82) is 0 Å².